The predicted molar refractivity (Wildman–Crippen MR) is 116 cm³/mol. The number of hydrogen-bond acceptors (Lipinski definition) is 7. The van der Waals surface area contributed by atoms with E-state index in [0.29, 0.717) is 23.9 Å². The Bertz CT molecular complexity index is 1090. The van der Waals surface area contributed by atoms with Crippen molar-refractivity contribution < 1.29 is 8.42 Å². The molecule has 0 saturated carbocycles. The fraction of sp³-hybridized carbons (Fsp3) is 0.381. The summed E-state index contributed by atoms with van der Waals surface area (Å²) in [5.41, 5.74) is 9.18. The fourth-order valence-electron chi connectivity index (χ4n) is 4.20. The van der Waals surface area contributed by atoms with E-state index in [1.165, 1.54) is 11.8 Å². The minimum Gasteiger partial charge on any atom is -0.329 e. The summed E-state index contributed by atoms with van der Waals surface area (Å²) in [5, 5.41) is 13.9. The quantitative estimate of drug-likeness (QED) is 0.619. The molecule has 1 fully saturated rings. The minimum atomic E-state index is -3.45. The zero-order valence-corrected chi connectivity index (χ0v) is 17.8. The van der Waals surface area contributed by atoms with Crippen molar-refractivity contribution in [2.75, 3.05) is 32.4 Å². The lowest BCUT2D eigenvalue weighted by atomic mass is 9.88. The third-order valence-electron chi connectivity index (χ3n) is 5.73. The van der Waals surface area contributed by atoms with Gasteiger partial charge < -0.3 is 10.6 Å². The molecule has 158 valence electrons. The topological polar surface area (TPSA) is 118 Å². The van der Waals surface area contributed by atoms with Crippen molar-refractivity contribution in [3.8, 4) is 22.5 Å². The van der Waals surface area contributed by atoms with Gasteiger partial charge in [0.15, 0.2) is 15.7 Å². The van der Waals surface area contributed by atoms with E-state index in [1.807, 2.05) is 6.07 Å². The zero-order chi connectivity index (χ0) is 21.1. The first kappa shape index (κ1) is 20.6. The van der Waals surface area contributed by atoms with Gasteiger partial charge >= 0.3 is 0 Å². The third kappa shape index (κ3) is 4.28. The van der Waals surface area contributed by atoms with Gasteiger partial charge in [-0.25, -0.2) is 13.5 Å². The zero-order valence-electron chi connectivity index (χ0n) is 17.0. The number of nitrogens with one attached hydrogen (secondary N) is 1. The van der Waals surface area contributed by atoms with Crippen molar-refractivity contribution in [3.63, 3.8) is 0 Å². The monoisotopic (exact) mass is 426 g/mol. The summed E-state index contributed by atoms with van der Waals surface area (Å²) in [6.07, 6.45) is 3.44. The Morgan fingerprint density at radius 1 is 1.13 bits per heavy atom. The van der Waals surface area contributed by atoms with Gasteiger partial charge in [-0.05, 0) is 65.0 Å². The van der Waals surface area contributed by atoms with E-state index in [2.05, 4.69) is 49.8 Å². The van der Waals surface area contributed by atoms with Gasteiger partial charge in [-0.1, -0.05) is 36.4 Å². The minimum absolute atomic E-state index is 0.204. The SMILES string of the molecule is CS(=O)(=O)c1cccc(-c2ccc(C3CCN(CCN)CC3)cc2)c1-c1nnn[nH]1. The van der Waals surface area contributed by atoms with Crippen LogP contribution in [0.2, 0.25) is 0 Å². The van der Waals surface area contributed by atoms with E-state index in [0.717, 1.165) is 43.6 Å². The van der Waals surface area contributed by atoms with Crippen molar-refractivity contribution in [2.45, 2.75) is 23.7 Å². The van der Waals surface area contributed by atoms with Crippen LogP contribution in [0, 0.1) is 0 Å². The Hall–Kier alpha value is -2.62. The highest BCUT2D eigenvalue weighted by atomic mass is 32.2. The molecule has 0 bridgehead atoms. The molecule has 0 spiro atoms. The Morgan fingerprint density at radius 3 is 2.47 bits per heavy atom. The molecule has 2 heterocycles. The van der Waals surface area contributed by atoms with Crippen molar-refractivity contribution >= 4 is 9.84 Å². The molecule has 2 aromatic carbocycles. The number of aromatic amines is 1. The van der Waals surface area contributed by atoms with Crippen LogP contribution in [0.5, 0.6) is 0 Å². The van der Waals surface area contributed by atoms with Gasteiger partial charge in [0.1, 0.15) is 0 Å². The van der Waals surface area contributed by atoms with E-state index >= 15 is 0 Å². The van der Waals surface area contributed by atoms with Crippen LogP contribution in [0.15, 0.2) is 47.4 Å². The number of aromatic nitrogens is 4. The van der Waals surface area contributed by atoms with Crippen LogP contribution in [0.25, 0.3) is 22.5 Å². The Kier molecular flexibility index (Phi) is 5.94. The molecule has 9 heteroatoms. The summed E-state index contributed by atoms with van der Waals surface area (Å²) in [6, 6.07) is 13.6. The lowest BCUT2D eigenvalue weighted by Gasteiger charge is -2.31. The number of tetrazole rings is 1. The molecule has 1 aliphatic heterocycles. The second kappa shape index (κ2) is 8.63. The van der Waals surface area contributed by atoms with Crippen LogP contribution < -0.4 is 5.73 Å². The second-order valence-electron chi connectivity index (χ2n) is 7.73. The average Bonchev–Trinajstić information content (AvgIpc) is 3.28. The number of H-pyrrole nitrogens is 1. The summed E-state index contributed by atoms with van der Waals surface area (Å²) >= 11 is 0. The van der Waals surface area contributed by atoms with Gasteiger partial charge in [-0.2, -0.15) is 0 Å². The maximum atomic E-state index is 12.4. The molecule has 1 aliphatic rings. The standard InChI is InChI=1S/C21H26N6O2S/c1-30(28,29)19-4-2-3-18(20(19)21-23-25-26-24-21)17-7-5-15(6-8-17)16-9-12-27(13-10-16)14-11-22/h2-8,16H,9-14,22H2,1H3,(H,23,24,25,26). The predicted octanol–water partition coefficient (Wildman–Crippen LogP) is 2.08. The van der Waals surface area contributed by atoms with Crippen LogP contribution in [-0.2, 0) is 9.84 Å². The molecule has 30 heavy (non-hydrogen) atoms. The molecule has 0 aliphatic carbocycles. The van der Waals surface area contributed by atoms with Crippen molar-refractivity contribution in [2.24, 2.45) is 5.73 Å². The largest absolute Gasteiger partial charge is 0.329 e. The molecule has 3 aromatic rings. The van der Waals surface area contributed by atoms with Crippen molar-refractivity contribution in [1.29, 1.82) is 0 Å². The molecule has 0 amide bonds. The van der Waals surface area contributed by atoms with E-state index in [-0.39, 0.29) is 4.90 Å². The molecular formula is C21H26N6O2S. The number of nitrogens with two attached hydrogens (primary N) is 1. The first-order valence-corrected chi connectivity index (χ1v) is 12.0. The van der Waals surface area contributed by atoms with Crippen molar-refractivity contribution in [3.05, 3.63) is 48.0 Å². The average molecular weight is 427 g/mol. The van der Waals surface area contributed by atoms with E-state index in [9.17, 15) is 8.42 Å². The summed E-state index contributed by atoms with van der Waals surface area (Å²) in [7, 11) is -3.45. The summed E-state index contributed by atoms with van der Waals surface area (Å²) in [4.78, 5) is 2.62. The smallest absolute Gasteiger partial charge is 0.181 e. The molecule has 0 unspecified atom stereocenters. The number of nitrogens with zero attached hydrogens (tertiary/aromatic N) is 4. The van der Waals surface area contributed by atoms with Crippen LogP contribution in [-0.4, -0.2) is 66.4 Å². The molecule has 8 nitrogen and oxygen atoms in total. The van der Waals surface area contributed by atoms with Crippen LogP contribution in [0.1, 0.15) is 24.3 Å². The fourth-order valence-corrected chi connectivity index (χ4v) is 5.10. The van der Waals surface area contributed by atoms with Crippen LogP contribution >= 0.6 is 0 Å². The number of benzene rings is 2. The highest BCUT2D eigenvalue weighted by Crippen LogP contribution is 2.36. The van der Waals surface area contributed by atoms with Crippen LogP contribution in [0.4, 0.5) is 0 Å². The summed E-state index contributed by atoms with van der Waals surface area (Å²) in [5.74, 6) is 0.871. The summed E-state index contributed by atoms with van der Waals surface area (Å²) < 4.78 is 24.7. The molecule has 1 aromatic heterocycles. The number of hydrogen-bond donors (Lipinski definition) is 2. The molecule has 3 N–H and O–H groups in total. The van der Waals surface area contributed by atoms with Gasteiger partial charge in [0, 0.05) is 24.9 Å². The molecule has 0 radical (unpaired) electrons. The van der Waals surface area contributed by atoms with E-state index in [1.54, 1.807) is 12.1 Å². The number of rotatable bonds is 6. The Morgan fingerprint density at radius 2 is 1.87 bits per heavy atom. The Balaban J connectivity index is 1.66. The number of piperidine rings is 1. The molecular weight excluding hydrogens is 400 g/mol. The summed E-state index contributed by atoms with van der Waals surface area (Å²) in [6.45, 7) is 3.81. The first-order valence-electron chi connectivity index (χ1n) is 10.1. The van der Waals surface area contributed by atoms with Crippen LogP contribution in [0.3, 0.4) is 0 Å². The maximum absolute atomic E-state index is 12.4. The molecule has 1 saturated heterocycles. The van der Waals surface area contributed by atoms with Gasteiger partial charge in [-0.15, -0.1) is 5.10 Å². The highest BCUT2D eigenvalue weighted by molar-refractivity contribution is 7.90. The van der Waals surface area contributed by atoms with E-state index < -0.39 is 9.84 Å². The molecule has 4 rings (SSSR count). The van der Waals surface area contributed by atoms with Gasteiger partial charge in [0.25, 0.3) is 0 Å². The van der Waals surface area contributed by atoms with Gasteiger partial charge in [0.05, 0.1) is 4.90 Å². The first-order chi connectivity index (χ1) is 14.5. The van der Waals surface area contributed by atoms with E-state index in [4.69, 9.17) is 5.73 Å². The lowest BCUT2D eigenvalue weighted by Crippen LogP contribution is -2.36. The normalized spacial score (nSPS) is 16.1. The highest BCUT2D eigenvalue weighted by Gasteiger charge is 2.23. The Labute approximate surface area is 176 Å². The lowest BCUT2D eigenvalue weighted by molar-refractivity contribution is 0.218. The van der Waals surface area contributed by atoms with Gasteiger partial charge in [0.2, 0.25) is 0 Å². The maximum Gasteiger partial charge on any atom is 0.181 e. The van der Waals surface area contributed by atoms with Gasteiger partial charge in [-0.3, -0.25) is 0 Å². The van der Waals surface area contributed by atoms with Crippen molar-refractivity contribution in [1.82, 2.24) is 25.5 Å². The number of sulfone groups is 1. The molecule has 0 atom stereocenters. The number of likely N-dealkylation sites (tertiary alicyclic amines) is 1. The second-order valence-corrected chi connectivity index (χ2v) is 9.71. The third-order valence-corrected chi connectivity index (χ3v) is 6.87.